The van der Waals surface area contributed by atoms with Crippen molar-refractivity contribution in [2.75, 3.05) is 24.2 Å². The zero-order valence-electron chi connectivity index (χ0n) is 10.3. The van der Waals surface area contributed by atoms with Gasteiger partial charge in [-0.05, 0) is 18.8 Å². The molecule has 6 heteroatoms. The summed E-state index contributed by atoms with van der Waals surface area (Å²) in [5.41, 5.74) is 0.775. The number of aromatic nitrogens is 3. The highest BCUT2D eigenvalue weighted by molar-refractivity contribution is 5.65. The van der Waals surface area contributed by atoms with Crippen LogP contribution in [-0.2, 0) is 0 Å². The molecule has 1 aliphatic carbocycles. The summed E-state index contributed by atoms with van der Waals surface area (Å²) in [7, 11) is 1.83. The Hall–Kier alpha value is -1.82. The van der Waals surface area contributed by atoms with Crippen LogP contribution in [-0.4, -0.2) is 39.2 Å². The predicted octanol–water partition coefficient (Wildman–Crippen LogP) is 0.954. The van der Waals surface area contributed by atoms with Crippen LogP contribution in [0.4, 0.5) is 11.6 Å². The molecule has 96 valence electrons. The lowest BCUT2D eigenvalue weighted by molar-refractivity contribution is 0.164. The van der Waals surface area contributed by atoms with Crippen LogP contribution in [0.2, 0.25) is 0 Å². The van der Waals surface area contributed by atoms with Crippen molar-refractivity contribution in [3.63, 3.8) is 0 Å². The van der Waals surface area contributed by atoms with Gasteiger partial charge in [0.1, 0.15) is 5.82 Å². The molecule has 0 radical (unpaired) electrons. The molecule has 0 bridgehead atoms. The fourth-order valence-electron chi connectivity index (χ4n) is 2.02. The molecule has 0 spiro atoms. The molecule has 3 rings (SSSR count). The maximum absolute atomic E-state index is 9.87. The Morgan fingerprint density at radius 3 is 3.11 bits per heavy atom. The molecule has 1 saturated carbocycles. The number of anilines is 2. The zero-order valence-corrected chi connectivity index (χ0v) is 10.3. The van der Waals surface area contributed by atoms with Crippen molar-refractivity contribution in [3.05, 3.63) is 18.6 Å². The number of fused-ring (bicyclic) bond motifs is 1. The minimum atomic E-state index is -0.292. The van der Waals surface area contributed by atoms with Crippen molar-refractivity contribution in [2.45, 2.75) is 18.9 Å². The fourth-order valence-corrected chi connectivity index (χ4v) is 2.02. The van der Waals surface area contributed by atoms with Gasteiger partial charge in [0.25, 0.3) is 0 Å². The summed E-state index contributed by atoms with van der Waals surface area (Å²) in [5.74, 6) is 1.93. The summed E-state index contributed by atoms with van der Waals surface area (Å²) in [6.07, 6.45) is 7.46. The first-order valence-electron chi connectivity index (χ1n) is 6.21. The second kappa shape index (κ2) is 4.45. The Labute approximate surface area is 105 Å². The number of hydrogen-bond acceptors (Lipinski definition) is 5. The monoisotopic (exact) mass is 247 g/mol. The van der Waals surface area contributed by atoms with E-state index in [1.807, 2.05) is 23.8 Å². The molecular weight excluding hydrogens is 230 g/mol. The molecule has 0 aromatic carbocycles. The van der Waals surface area contributed by atoms with E-state index in [2.05, 4.69) is 20.6 Å². The third kappa shape index (κ3) is 2.11. The number of aliphatic hydroxyl groups is 1. The van der Waals surface area contributed by atoms with Gasteiger partial charge in [0, 0.05) is 26.0 Å². The Kier molecular flexibility index (Phi) is 2.79. The Bertz CT molecular complexity index is 548. The van der Waals surface area contributed by atoms with Crippen LogP contribution in [0.1, 0.15) is 12.8 Å². The Morgan fingerprint density at radius 1 is 1.56 bits per heavy atom. The topological polar surface area (TPSA) is 74.5 Å². The first-order valence-corrected chi connectivity index (χ1v) is 6.21. The average molecular weight is 247 g/mol. The van der Waals surface area contributed by atoms with E-state index in [-0.39, 0.29) is 6.10 Å². The number of nitrogens with one attached hydrogen (secondary N) is 2. The second-order valence-corrected chi connectivity index (χ2v) is 4.67. The number of nitrogens with zero attached hydrogens (tertiary/aromatic N) is 3. The van der Waals surface area contributed by atoms with Crippen molar-refractivity contribution < 1.29 is 5.11 Å². The first kappa shape index (κ1) is 11.3. The van der Waals surface area contributed by atoms with Crippen molar-refractivity contribution in [1.29, 1.82) is 0 Å². The van der Waals surface area contributed by atoms with E-state index in [0.717, 1.165) is 24.3 Å². The molecule has 18 heavy (non-hydrogen) atoms. The van der Waals surface area contributed by atoms with Gasteiger partial charge in [-0.3, -0.25) is 0 Å². The van der Waals surface area contributed by atoms with E-state index in [1.165, 1.54) is 0 Å². The number of rotatable bonds is 5. The highest BCUT2D eigenvalue weighted by Crippen LogP contribution is 2.32. The minimum Gasteiger partial charge on any atom is -0.391 e. The van der Waals surface area contributed by atoms with Gasteiger partial charge < -0.3 is 20.1 Å². The quantitative estimate of drug-likeness (QED) is 0.733. The van der Waals surface area contributed by atoms with E-state index >= 15 is 0 Å². The standard InChI is InChI=1S/C12H17N5O/c1-13-10-7-17-5-4-14-12(17)11(16-10)15-6-9(18)8-2-3-8/h4-5,7-9,13,18H,2-3,6H2,1H3,(H,15,16). The molecule has 1 fully saturated rings. The lowest BCUT2D eigenvalue weighted by Gasteiger charge is -2.12. The van der Waals surface area contributed by atoms with Crippen LogP contribution in [0.15, 0.2) is 18.6 Å². The molecule has 1 atom stereocenters. The summed E-state index contributed by atoms with van der Waals surface area (Å²) in [6.45, 7) is 0.521. The minimum absolute atomic E-state index is 0.292. The summed E-state index contributed by atoms with van der Waals surface area (Å²) in [6, 6.07) is 0. The van der Waals surface area contributed by atoms with E-state index in [1.54, 1.807) is 6.20 Å². The Morgan fingerprint density at radius 2 is 2.39 bits per heavy atom. The van der Waals surface area contributed by atoms with Gasteiger partial charge in [0.15, 0.2) is 11.5 Å². The van der Waals surface area contributed by atoms with Gasteiger partial charge in [-0.25, -0.2) is 9.97 Å². The zero-order chi connectivity index (χ0) is 12.5. The van der Waals surface area contributed by atoms with Gasteiger partial charge in [-0.2, -0.15) is 0 Å². The highest BCUT2D eigenvalue weighted by atomic mass is 16.3. The van der Waals surface area contributed by atoms with Crippen molar-refractivity contribution >= 4 is 17.3 Å². The van der Waals surface area contributed by atoms with Crippen molar-refractivity contribution in [3.8, 4) is 0 Å². The van der Waals surface area contributed by atoms with Gasteiger partial charge in [-0.15, -0.1) is 0 Å². The molecule has 0 aliphatic heterocycles. The summed E-state index contributed by atoms with van der Waals surface area (Å²) < 4.78 is 1.91. The fraction of sp³-hybridized carbons (Fsp3) is 0.500. The van der Waals surface area contributed by atoms with Gasteiger partial charge in [0.2, 0.25) is 0 Å². The molecular formula is C12H17N5O. The highest BCUT2D eigenvalue weighted by Gasteiger charge is 2.29. The molecule has 2 aromatic rings. The molecule has 2 heterocycles. The Balaban J connectivity index is 1.82. The van der Waals surface area contributed by atoms with Gasteiger partial charge >= 0.3 is 0 Å². The lowest BCUT2D eigenvalue weighted by Crippen LogP contribution is -2.22. The third-order valence-corrected chi connectivity index (χ3v) is 3.28. The molecule has 2 aromatic heterocycles. The average Bonchev–Trinajstić information content (AvgIpc) is 3.13. The number of hydrogen-bond donors (Lipinski definition) is 3. The molecule has 1 aliphatic rings. The van der Waals surface area contributed by atoms with E-state index < -0.39 is 0 Å². The van der Waals surface area contributed by atoms with Crippen LogP contribution in [0.25, 0.3) is 5.65 Å². The van der Waals surface area contributed by atoms with Gasteiger partial charge in [-0.1, -0.05) is 0 Å². The smallest absolute Gasteiger partial charge is 0.180 e. The SMILES string of the molecule is CNc1cn2ccnc2c(NCC(O)C2CC2)n1. The molecule has 1 unspecified atom stereocenters. The van der Waals surface area contributed by atoms with Crippen LogP contribution in [0.3, 0.4) is 0 Å². The summed E-state index contributed by atoms with van der Waals surface area (Å²) in [4.78, 5) is 8.69. The largest absolute Gasteiger partial charge is 0.391 e. The van der Waals surface area contributed by atoms with Crippen LogP contribution in [0.5, 0.6) is 0 Å². The number of aliphatic hydroxyl groups excluding tert-OH is 1. The molecule has 6 nitrogen and oxygen atoms in total. The summed E-state index contributed by atoms with van der Waals surface area (Å²) >= 11 is 0. The predicted molar refractivity (Wildman–Crippen MR) is 69.8 cm³/mol. The summed E-state index contributed by atoms with van der Waals surface area (Å²) in [5, 5.41) is 16.1. The van der Waals surface area contributed by atoms with Crippen molar-refractivity contribution in [2.24, 2.45) is 5.92 Å². The van der Waals surface area contributed by atoms with Gasteiger partial charge in [0.05, 0.1) is 12.3 Å². The maximum Gasteiger partial charge on any atom is 0.180 e. The van der Waals surface area contributed by atoms with E-state index in [4.69, 9.17) is 0 Å². The van der Waals surface area contributed by atoms with E-state index in [0.29, 0.717) is 18.3 Å². The normalized spacial score (nSPS) is 16.8. The second-order valence-electron chi connectivity index (χ2n) is 4.67. The van der Waals surface area contributed by atoms with Crippen LogP contribution in [0, 0.1) is 5.92 Å². The number of imidazole rings is 1. The lowest BCUT2D eigenvalue weighted by atomic mass is 10.2. The third-order valence-electron chi connectivity index (χ3n) is 3.28. The molecule has 3 N–H and O–H groups in total. The first-order chi connectivity index (χ1) is 8.78. The molecule has 0 amide bonds. The molecule has 0 saturated heterocycles. The van der Waals surface area contributed by atoms with Crippen LogP contribution < -0.4 is 10.6 Å². The van der Waals surface area contributed by atoms with Crippen molar-refractivity contribution in [1.82, 2.24) is 14.4 Å². The van der Waals surface area contributed by atoms with E-state index in [9.17, 15) is 5.11 Å². The van der Waals surface area contributed by atoms with Crippen LogP contribution >= 0.6 is 0 Å². The maximum atomic E-state index is 9.87.